The molecule has 0 aliphatic rings. The van der Waals surface area contributed by atoms with Crippen LogP contribution in [0.15, 0.2) is 60.2 Å². The highest BCUT2D eigenvalue weighted by molar-refractivity contribution is 5.93. The second-order valence-corrected chi connectivity index (χ2v) is 4.87. The van der Waals surface area contributed by atoms with Crippen LogP contribution in [-0.4, -0.2) is 12.5 Å². The Kier molecular flexibility index (Phi) is 6.23. The van der Waals surface area contributed by atoms with Crippen molar-refractivity contribution in [3.8, 4) is 11.8 Å². The molecule has 0 aliphatic carbocycles. The number of hydrogen-bond acceptors (Lipinski definition) is 2. The van der Waals surface area contributed by atoms with Gasteiger partial charge in [-0.3, -0.25) is 9.63 Å². The molecule has 2 aromatic carbocycles. The van der Waals surface area contributed by atoms with Gasteiger partial charge in [-0.05, 0) is 48.9 Å². The number of nitrogens with one attached hydrogen (secondary N) is 1. The van der Waals surface area contributed by atoms with Crippen molar-refractivity contribution < 1.29 is 18.4 Å². The van der Waals surface area contributed by atoms with Gasteiger partial charge < -0.3 is 0 Å². The van der Waals surface area contributed by atoms with E-state index >= 15 is 0 Å². The van der Waals surface area contributed by atoms with Gasteiger partial charge in [0.1, 0.15) is 0 Å². The molecule has 3 nitrogen and oxygen atoms in total. The van der Waals surface area contributed by atoms with Crippen molar-refractivity contribution in [1.29, 1.82) is 0 Å². The highest BCUT2D eigenvalue weighted by atomic mass is 19.2. The van der Waals surface area contributed by atoms with Crippen molar-refractivity contribution in [2.75, 3.05) is 6.61 Å². The van der Waals surface area contributed by atoms with E-state index in [4.69, 9.17) is 4.84 Å². The average molecular weight is 327 g/mol. The van der Waals surface area contributed by atoms with Crippen LogP contribution in [-0.2, 0) is 4.84 Å². The number of benzene rings is 2. The first-order valence-electron chi connectivity index (χ1n) is 7.17. The molecule has 0 saturated heterocycles. The lowest BCUT2D eigenvalue weighted by atomic mass is 10.2. The summed E-state index contributed by atoms with van der Waals surface area (Å²) in [7, 11) is 0. The smallest absolute Gasteiger partial charge is 0.269 e. The molecule has 0 fully saturated rings. The van der Waals surface area contributed by atoms with Crippen LogP contribution in [0.2, 0.25) is 0 Å². The van der Waals surface area contributed by atoms with Gasteiger partial charge in [0, 0.05) is 11.1 Å². The zero-order valence-corrected chi connectivity index (χ0v) is 13.0. The third kappa shape index (κ3) is 5.34. The zero-order valence-electron chi connectivity index (χ0n) is 13.0. The molecule has 122 valence electrons. The van der Waals surface area contributed by atoms with Gasteiger partial charge in [-0.15, -0.1) is 0 Å². The number of halogens is 2. The molecule has 0 heterocycles. The van der Waals surface area contributed by atoms with Crippen LogP contribution in [0.25, 0.3) is 0 Å². The first-order valence-corrected chi connectivity index (χ1v) is 7.17. The lowest BCUT2D eigenvalue weighted by molar-refractivity contribution is 0.0419. The maximum absolute atomic E-state index is 13.0. The topological polar surface area (TPSA) is 38.3 Å². The standard InChI is InChI=1S/C19H15F2NO2/c1-14(7-8-15-5-3-2-4-6-15)11-12-24-22-19(23)16-9-10-17(20)18(21)13-16/h2-6,9-11,13H,12H2,1H3,(H,22,23). The van der Waals surface area contributed by atoms with E-state index in [0.717, 1.165) is 23.3 Å². The fourth-order valence-corrected chi connectivity index (χ4v) is 1.71. The molecule has 1 amide bonds. The summed E-state index contributed by atoms with van der Waals surface area (Å²) in [5.41, 5.74) is 3.80. The number of hydrogen-bond donors (Lipinski definition) is 1. The SMILES string of the molecule is CC(C#Cc1ccccc1)=CCONC(=O)c1ccc(F)c(F)c1. The monoisotopic (exact) mass is 327 g/mol. The molecule has 0 unspecified atom stereocenters. The largest absolute Gasteiger partial charge is 0.274 e. The van der Waals surface area contributed by atoms with Gasteiger partial charge in [0.25, 0.3) is 5.91 Å². The minimum Gasteiger partial charge on any atom is -0.269 e. The van der Waals surface area contributed by atoms with E-state index in [0.29, 0.717) is 0 Å². The van der Waals surface area contributed by atoms with E-state index in [1.165, 1.54) is 6.07 Å². The van der Waals surface area contributed by atoms with Gasteiger partial charge in [-0.1, -0.05) is 30.0 Å². The molecule has 0 saturated carbocycles. The molecule has 0 aliphatic heterocycles. The summed E-state index contributed by atoms with van der Waals surface area (Å²) in [6.45, 7) is 1.92. The quantitative estimate of drug-likeness (QED) is 0.529. The number of amides is 1. The second kappa shape index (κ2) is 8.61. The van der Waals surface area contributed by atoms with Gasteiger partial charge in [-0.2, -0.15) is 0 Å². The predicted octanol–water partition coefficient (Wildman–Crippen LogP) is 3.62. The number of rotatable bonds is 4. The molecule has 0 radical (unpaired) electrons. The summed E-state index contributed by atoms with van der Waals surface area (Å²) in [5.74, 6) is 3.20. The first-order chi connectivity index (χ1) is 11.6. The van der Waals surface area contributed by atoms with E-state index in [9.17, 15) is 13.6 Å². The average Bonchev–Trinajstić information content (AvgIpc) is 2.60. The molecule has 0 bridgehead atoms. The number of hydroxylamine groups is 1. The highest BCUT2D eigenvalue weighted by Gasteiger charge is 2.09. The number of allylic oxidation sites excluding steroid dienone is 1. The summed E-state index contributed by atoms with van der Waals surface area (Å²) in [4.78, 5) is 16.7. The molecule has 0 spiro atoms. The van der Waals surface area contributed by atoms with E-state index in [1.54, 1.807) is 6.08 Å². The van der Waals surface area contributed by atoms with Crippen molar-refractivity contribution in [2.45, 2.75) is 6.92 Å². The van der Waals surface area contributed by atoms with Gasteiger partial charge >= 0.3 is 0 Å². The van der Waals surface area contributed by atoms with E-state index in [-0.39, 0.29) is 12.2 Å². The van der Waals surface area contributed by atoms with Gasteiger partial charge in [0.2, 0.25) is 0 Å². The molecule has 2 aromatic rings. The van der Waals surface area contributed by atoms with Crippen molar-refractivity contribution in [2.24, 2.45) is 0 Å². The molecule has 0 atom stereocenters. The maximum atomic E-state index is 13.0. The Labute approximate surface area is 138 Å². The fourth-order valence-electron chi connectivity index (χ4n) is 1.71. The molecule has 1 N–H and O–H groups in total. The fraction of sp³-hybridized carbons (Fsp3) is 0.105. The molecular weight excluding hydrogens is 312 g/mol. The zero-order chi connectivity index (χ0) is 17.4. The van der Waals surface area contributed by atoms with Crippen LogP contribution in [0.5, 0.6) is 0 Å². The Hall–Kier alpha value is -2.97. The molecule has 24 heavy (non-hydrogen) atoms. The Morgan fingerprint density at radius 3 is 2.62 bits per heavy atom. The van der Waals surface area contributed by atoms with Crippen molar-refractivity contribution in [3.05, 3.63) is 82.9 Å². The molecule has 5 heteroatoms. The molecular formula is C19H15F2NO2. The van der Waals surface area contributed by atoms with E-state index in [2.05, 4.69) is 17.3 Å². The lowest BCUT2D eigenvalue weighted by Gasteiger charge is -2.04. The summed E-state index contributed by atoms with van der Waals surface area (Å²) in [6, 6.07) is 12.4. The Balaban J connectivity index is 1.82. The van der Waals surface area contributed by atoms with Crippen molar-refractivity contribution in [3.63, 3.8) is 0 Å². The summed E-state index contributed by atoms with van der Waals surface area (Å²) >= 11 is 0. The minimum atomic E-state index is -1.09. The van der Waals surface area contributed by atoms with Gasteiger partial charge in [-0.25, -0.2) is 14.3 Å². The Morgan fingerprint density at radius 2 is 1.92 bits per heavy atom. The first kappa shape index (κ1) is 17.4. The number of carbonyl (C=O) groups is 1. The van der Waals surface area contributed by atoms with Gasteiger partial charge in [0.05, 0.1) is 6.61 Å². The lowest BCUT2D eigenvalue weighted by Crippen LogP contribution is -2.24. The van der Waals surface area contributed by atoms with Crippen molar-refractivity contribution in [1.82, 2.24) is 5.48 Å². The third-order valence-corrected chi connectivity index (χ3v) is 3.00. The Bertz CT molecular complexity index is 805. The normalized spacial score (nSPS) is 10.7. The summed E-state index contributed by atoms with van der Waals surface area (Å²) in [5, 5.41) is 0. The van der Waals surface area contributed by atoms with Crippen LogP contribution in [0.4, 0.5) is 8.78 Å². The van der Waals surface area contributed by atoms with Crippen LogP contribution in [0.1, 0.15) is 22.8 Å². The Morgan fingerprint density at radius 1 is 1.17 bits per heavy atom. The van der Waals surface area contributed by atoms with E-state index < -0.39 is 17.5 Å². The predicted molar refractivity (Wildman–Crippen MR) is 86.9 cm³/mol. The number of carbonyl (C=O) groups excluding carboxylic acids is 1. The van der Waals surface area contributed by atoms with Crippen LogP contribution in [0, 0.1) is 23.5 Å². The second-order valence-electron chi connectivity index (χ2n) is 4.87. The van der Waals surface area contributed by atoms with Crippen LogP contribution in [0.3, 0.4) is 0 Å². The third-order valence-electron chi connectivity index (χ3n) is 3.00. The van der Waals surface area contributed by atoms with Crippen LogP contribution >= 0.6 is 0 Å². The summed E-state index contributed by atoms with van der Waals surface area (Å²) in [6.07, 6.45) is 1.70. The highest BCUT2D eigenvalue weighted by Crippen LogP contribution is 2.08. The molecule has 2 rings (SSSR count). The minimum absolute atomic E-state index is 0.0292. The summed E-state index contributed by atoms with van der Waals surface area (Å²) < 4.78 is 25.8. The maximum Gasteiger partial charge on any atom is 0.274 e. The molecule has 0 aromatic heterocycles. The van der Waals surface area contributed by atoms with E-state index in [1.807, 2.05) is 37.3 Å². The van der Waals surface area contributed by atoms with Crippen LogP contribution < -0.4 is 5.48 Å². The van der Waals surface area contributed by atoms with Gasteiger partial charge in [0.15, 0.2) is 11.6 Å². The van der Waals surface area contributed by atoms with Crippen molar-refractivity contribution >= 4 is 5.91 Å².